The van der Waals surface area contributed by atoms with Crippen LogP contribution in [-0.4, -0.2) is 57.8 Å². The molecular weight excluding hydrogens is 506 g/mol. The Labute approximate surface area is 222 Å². The molecule has 1 amide bonds. The van der Waals surface area contributed by atoms with Gasteiger partial charge in [0.25, 0.3) is 5.91 Å². The summed E-state index contributed by atoms with van der Waals surface area (Å²) in [4.78, 5) is 32.0. The van der Waals surface area contributed by atoms with E-state index >= 15 is 0 Å². The quantitative estimate of drug-likeness (QED) is 0.516. The Morgan fingerprint density at radius 1 is 1.16 bits per heavy atom. The van der Waals surface area contributed by atoms with Crippen molar-refractivity contribution in [1.29, 1.82) is 0 Å². The minimum absolute atomic E-state index is 0.0942. The molecule has 2 aromatic rings. The van der Waals surface area contributed by atoms with E-state index in [0.717, 1.165) is 43.0 Å². The van der Waals surface area contributed by atoms with Crippen molar-refractivity contribution in [3.05, 3.63) is 51.4 Å². The van der Waals surface area contributed by atoms with Crippen LogP contribution in [0.25, 0.3) is 11.8 Å². The molecule has 11 heteroatoms. The van der Waals surface area contributed by atoms with E-state index in [0.29, 0.717) is 30.0 Å². The van der Waals surface area contributed by atoms with E-state index in [4.69, 9.17) is 4.99 Å². The molecule has 5 rings (SSSR count). The molecule has 0 bridgehead atoms. The zero-order valence-corrected chi connectivity index (χ0v) is 22.6. The van der Waals surface area contributed by atoms with Crippen LogP contribution in [0.15, 0.2) is 39.6 Å². The molecule has 3 heterocycles. The average molecular weight is 542 g/mol. The van der Waals surface area contributed by atoms with Crippen LogP contribution in [-0.2, 0) is 14.8 Å². The van der Waals surface area contributed by atoms with Crippen LogP contribution in [0.4, 0.5) is 0 Å². The first-order valence-corrected chi connectivity index (χ1v) is 14.8. The summed E-state index contributed by atoms with van der Waals surface area (Å²) in [5, 5.41) is 13.7. The van der Waals surface area contributed by atoms with Gasteiger partial charge in [-0.05, 0) is 80.7 Å². The van der Waals surface area contributed by atoms with Gasteiger partial charge >= 0.3 is 5.69 Å². The summed E-state index contributed by atoms with van der Waals surface area (Å²) in [6.45, 7) is 4.51. The summed E-state index contributed by atoms with van der Waals surface area (Å²) in [6.07, 6.45) is 9.18. The maximum absolute atomic E-state index is 13.1. The fourth-order valence-corrected chi connectivity index (χ4v) is 7.03. The molecule has 1 aromatic carbocycles. The molecule has 10 nitrogen and oxygen atoms in total. The van der Waals surface area contributed by atoms with E-state index in [9.17, 15) is 23.1 Å². The molecule has 38 heavy (non-hydrogen) atoms. The first-order valence-electron chi connectivity index (χ1n) is 13.3. The third-order valence-corrected chi connectivity index (χ3v) is 9.94. The van der Waals surface area contributed by atoms with Gasteiger partial charge in [-0.3, -0.25) is 19.3 Å². The molecule has 1 spiro atoms. The van der Waals surface area contributed by atoms with E-state index < -0.39 is 21.3 Å². The number of nitrogens with zero attached hydrogens (tertiary/aromatic N) is 3. The van der Waals surface area contributed by atoms with E-state index in [2.05, 4.69) is 17.2 Å². The van der Waals surface area contributed by atoms with Crippen molar-refractivity contribution in [2.45, 2.75) is 64.3 Å². The molecule has 3 N–H and O–H groups in total. The first kappa shape index (κ1) is 26.4. The highest BCUT2D eigenvalue weighted by molar-refractivity contribution is 7.92. The lowest BCUT2D eigenvalue weighted by Crippen LogP contribution is -2.50. The second kappa shape index (κ2) is 10.2. The fraction of sp³-hybridized carbons (Fsp3) is 0.519. The lowest BCUT2D eigenvalue weighted by Gasteiger charge is -2.34. The number of sulfonamides is 1. The van der Waals surface area contributed by atoms with Crippen molar-refractivity contribution in [3.8, 4) is 11.6 Å². The number of nitrogens with one attached hydrogen (secondary N) is 2. The molecule has 1 aliphatic carbocycles. The highest BCUT2D eigenvalue weighted by Gasteiger charge is 2.48. The third-order valence-electron chi connectivity index (χ3n) is 8.38. The summed E-state index contributed by atoms with van der Waals surface area (Å²) in [5.74, 6) is 1.53. The first-order chi connectivity index (χ1) is 18.1. The number of piperidine rings is 1. The molecule has 2 fully saturated rings. The number of carbonyl (C=O) groups is 1. The maximum atomic E-state index is 13.1. The van der Waals surface area contributed by atoms with Gasteiger partial charge in [-0.1, -0.05) is 19.4 Å². The predicted molar refractivity (Wildman–Crippen MR) is 146 cm³/mol. The molecule has 1 aromatic heterocycles. The lowest BCUT2D eigenvalue weighted by atomic mass is 9.80. The number of carbonyl (C=O) groups excluding carboxylic acids is 1. The number of H-pyrrole nitrogens is 1. The minimum Gasteiger partial charge on any atom is -0.493 e. The largest absolute Gasteiger partial charge is 0.493 e. The molecule has 2 aliphatic heterocycles. The number of amidine groups is 1. The van der Waals surface area contributed by atoms with Crippen molar-refractivity contribution in [2.75, 3.05) is 13.1 Å². The maximum Gasteiger partial charge on any atom is 0.332 e. The van der Waals surface area contributed by atoms with Gasteiger partial charge in [0.15, 0.2) is 0 Å². The zero-order valence-electron chi connectivity index (χ0n) is 21.8. The van der Waals surface area contributed by atoms with Crippen LogP contribution in [0.1, 0.15) is 63.0 Å². The molecule has 204 valence electrons. The number of amides is 1. The van der Waals surface area contributed by atoms with Gasteiger partial charge in [-0.25, -0.2) is 13.2 Å². The Bertz CT molecular complexity index is 1440. The topological polar surface area (TPSA) is 137 Å². The Morgan fingerprint density at radius 3 is 2.47 bits per heavy atom. The SMILES string of the molecule is CCC1CCC(C2=NC3(CCN(S(=O)(=O)C=Cc4ccc(-n5cc(O)[nH]c5=O)cc4C)CC3)C(=O)N2)CC1. The zero-order chi connectivity index (χ0) is 27.1. The highest BCUT2D eigenvalue weighted by Crippen LogP contribution is 2.36. The van der Waals surface area contributed by atoms with Crippen molar-refractivity contribution >= 4 is 27.8 Å². The predicted octanol–water partition coefficient (Wildman–Crippen LogP) is 3.06. The molecule has 1 saturated heterocycles. The van der Waals surface area contributed by atoms with Gasteiger partial charge in [0.2, 0.25) is 15.9 Å². The number of aliphatic imine (C=N–C) groups is 1. The minimum atomic E-state index is -3.69. The van der Waals surface area contributed by atoms with Crippen molar-refractivity contribution in [3.63, 3.8) is 0 Å². The second-order valence-corrected chi connectivity index (χ2v) is 12.5. The summed E-state index contributed by atoms with van der Waals surface area (Å²) < 4.78 is 28.9. The van der Waals surface area contributed by atoms with Gasteiger partial charge < -0.3 is 10.4 Å². The van der Waals surface area contributed by atoms with Gasteiger partial charge in [-0.15, -0.1) is 0 Å². The fourth-order valence-electron chi connectivity index (χ4n) is 5.85. The summed E-state index contributed by atoms with van der Waals surface area (Å²) in [6, 6.07) is 5.15. The second-order valence-electron chi connectivity index (χ2n) is 10.7. The van der Waals surface area contributed by atoms with E-state index in [1.54, 1.807) is 24.3 Å². The standard InChI is InChI=1S/C27H35N5O5S/c1-3-19-4-6-21(7-5-19)24-29-25(34)27(30-24)11-13-31(14-12-27)38(36,37)15-10-20-8-9-22(16-18(20)2)32-17-23(33)28-26(32)35/h8-10,15-17,19,21,33H,3-7,11-14H2,1-2H3,(H,28,35)(H,29,30,34). The van der Waals surface area contributed by atoms with E-state index in [1.165, 1.54) is 26.9 Å². The number of hydrogen-bond acceptors (Lipinski definition) is 6. The number of aromatic hydroxyl groups is 1. The average Bonchev–Trinajstić information content (AvgIpc) is 3.41. The molecule has 1 saturated carbocycles. The normalized spacial score (nSPS) is 24.2. The highest BCUT2D eigenvalue weighted by atomic mass is 32.2. The van der Waals surface area contributed by atoms with Crippen molar-refractivity contribution in [1.82, 2.24) is 19.2 Å². The number of benzene rings is 1. The number of imidazole rings is 1. The van der Waals surface area contributed by atoms with Crippen LogP contribution >= 0.6 is 0 Å². The van der Waals surface area contributed by atoms with Crippen LogP contribution in [0.3, 0.4) is 0 Å². The summed E-state index contributed by atoms with van der Waals surface area (Å²) in [7, 11) is -3.69. The van der Waals surface area contributed by atoms with Crippen LogP contribution < -0.4 is 11.0 Å². The Morgan fingerprint density at radius 2 is 1.87 bits per heavy atom. The Hall–Kier alpha value is -3.18. The van der Waals surface area contributed by atoms with Gasteiger partial charge in [0.05, 0.1) is 11.9 Å². The number of aryl methyl sites for hydroxylation is 1. The van der Waals surface area contributed by atoms with Crippen LogP contribution in [0, 0.1) is 18.8 Å². The lowest BCUT2D eigenvalue weighted by molar-refractivity contribution is -0.125. The number of aromatic nitrogens is 2. The molecule has 3 aliphatic rings. The van der Waals surface area contributed by atoms with Gasteiger partial charge in [0.1, 0.15) is 11.4 Å². The van der Waals surface area contributed by atoms with Gasteiger partial charge in [-0.2, -0.15) is 4.31 Å². The molecule has 0 unspecified atom stereocenters. The monoisotopic (exact) mass is 541 g/mol. The molecule has 0 radical (unpaired) electrons. The van der Waals surface area contributed by atoms with E-state index in [-0.39, 0.29) is 24.9 Å². The number of aromatic amines is 1. The van der Waals surface area contributed by atoms with Crippen molar-refractivity contribution in [2.24, 2.45) is 16.8 Å². The molecular formula is C27H35N5O5S. The van der Waals surface area contributed by atoms with E-state index in [1.807, 2.05) is 6.92 Å². The van der Waals surface area contributed by atoms with Crippen molar-refractivity contribution < 1.29 is 18.3 Å². The van der Waals surface area contributed by atoms with Crippen LogP contribution in [0.2, 0.25) is 0 Å². The summed E-state index contributed by atoms with van der Waals surface area (Å²) in [5.41, 5.74) is 0.701. The Kier molecular flexibility index (Phi) is 7.08. The smallest absolute Gasteiger partial charge is 0.332 e. The van der Waals surface area contributed by atoms with Crippen LogP contribution in [0.5, 0.6) is 5.88 Å². The summed E-state index contributed by atoms with van der Waals surface area (Å²) >= 11 is 0. The molecule has 0 atom stereocenters. The Balaban J connectivity index is 1.24. The number of rotatable bonds is 6. The van der Waals surface area contributed by atoms with Gasteiger partial charge in [0, 0.05) is 24.4 Å². The third kappa shape index (κ3) is 5.09. The number of hydrogen-bond donors (Lipinski definition) is 3.